The zero-order valence-corrected chi connectivity index (χ0v) is 13.5. The van der Waals surface area contributed by atoms with Gasteiger partial charge < -0.3 is 0 Å². The maximum absolute atomic E-state index is 11.9. The summed E-state index contributed by atoms with van der Waals surface area (Å²) < 4.78 is 0. The lowest BCUT2D eigenvalue weighted by atomic mass is 10.2. The molecular weight excluding hydrogens is 349 g/mol. The average molecular weight is 356 g/mol. The molecule has 3 aromatic rings. The van der Waals surface area contributed by atoms with Gasteiger partial charge in [0.25, 0.3) is 5.91 Å². The normalized spacial score (nSPS) is 10.6. The van der Waals surface area contributed by atoms with Crippen molar-refractivity contribution in [3.63, 3.8) is 0 Å². The minimum absolute atomic E-state index is 0.193. The fourth-order valence-electron chi connectivity index (χ4n) is 1.59. The van der Waals surface area contributed by atoms with Gasteiger partial charge in [0.1, 0.15) is 5.01 Å². The molecule has 0 spiro atoms. The molecular formula is C13H7Cl2N3OS2. The molecule has 0 aliphatic rings. The van der Waals surface area contributed by atoms with E-state index >= 15 is 0 Å². The number of carbonyl (C=O) groups is 1. The van der Waals surface area contributed by atoms with Gasteiger partial charge in [0.2, 0.25) is 5.13 Å². The Balaban J connectivity index is 1.80. The van der Waals surface area contributed by atoms with Crippen LogP contribution in [0.1, 0.15) is 9.67 Å². The standard InChI is InChI=1S/C13H7Cl2N3OS2/c14-8-4-3-7(6-9(8)15)12-17-18-13(21-12)16-11(19)10-2-1-5-20-10/h1-6H,(H,16,18,19). The number of amides is 1. The number of hydrogen-bond acceptors (Lipinski definition) is 5. The first-order chi connectivity index (χ1) is 10.1. The number of carbonyl (C=O) groups excluding carboxylic acids is 1. The van der Waals surface area contributed by atoms with Crippen LogP contribution in [0.4, 0.5) is 5.13 Å². The summed E-state index contributed by atoms with van der Waals surface area (Å²) in [5.41, 5.74) is 0.804. The van der Waals surface area contributed by atoms with Gasteiger partial charge in [0.15, 0.2) is 0 Å². The van der Waals surface area contributed by atoms with E-state index in [1.807, 2.05) is 11.4 Å². The maximum Gasteiger partial charge on any atom is 0.267 e. The van der Waals surface area contributed by atoms with Crippen molar-refractivity contribution in [1.29, 1.82) is 0 Å². The van der Waals surface area contributed by atoms with Gasteiger partial charge in [-0.05, 0) is 23.6 Å². The summed E-state index contributed by atoms with van der Waals surface area (Å²) in [5.74, 6) is -0.193. The van der Waals surface area contributed by atoms with Gasteiger partial charge in [-0.15, -0.1) is 21.5 Å². The Morgan fingerprint density at radius 1 is 1.14 bits per heavy atom. The predicted octanol–water partition coefficient (Wildman–Crippen LogP) is 4.83. The SMILES string of the molecule is O=C(Nc1nnc(-c2ccc(Cl)c(Cl)c2)s1)c1cccs1. The Kier molecular flexibility index (Phi) is 4.21. The monoisotopic (exact) mass is 355 g/mol. The van der Waals surface area contributed by atoms with E-state index in [4.69, 9.17) is 23.2 Å². The molecule has 0 unspecified atom stereocenters. The van der Waals surface area contributed by atoms with Crippen molar-refractivity contribution in [2.24, 2.45) is 0 Å². The van der Waals surface area contributed by atoms with Crippen LogP contribution in [0.25, 0.3) is 10.6 Å². The van der Waals surface area contributed by atoms with E-state index in [-0.39, 0.29) is 5.91 Å². The van der Waals surface area contributed by atoms with Gasteiger partial charge in [0, 0.05) is 5.56 Å². The summed E-state index contributed by atoms with van der Waals surface area (Å²) in [6, 6.07) is 8.79. The number of anilines is 1. The maximum atomic E-state index is 11.9. The molecule has 21 heavy (non-hydrogen) atoms. The highest BCUT2D eigenvalue weighted by atomic mass is 35.5. The fraction of sp³-hybridized carbons (Fsp3) is 0. The predicted molar refractivity (Wildman–Crippen MR) is 87.6 cm³/mol. The fourth-order valence-corrected chi connectivity index (χ4v) is 3.24. The van der Waals surface area contributed by atoms with Crippen molar-refractivity contribution >= 4 is 56.9 Å². The third-order valence-corrected chi connectivity index (χ3v) is 5.05. The molecule has 0 atom stereocenters. The van der Waals surface area contributed by atoms with Gasteiger partial charge >= 0.3 is 0 Å². The number of benzene rings is 1. The third kappa shape index (κ3) is 3.24. The largest absolute Gasteiger partial charge is 0.296 e. The van der Waals surface area contributed by atoms with Gasteiger partial charge in [-0.2, -0.15) is 0 Å². The Morgan fingerprint density at radius 3 is 2.71 bits per heavy atom. The number of aromatic nitrogens is 2. The second-order valence-electron chi connectivity index (χ2n) is 3.97. The summed E-state index contributed by atoms with van der Waals surface area (Å²) in [5, 5.41) is 14.6. The second-order valence-corrected chi connectivity index (χ2v) is 6.71. The molecule has 2 aromatic heterocycles. The Bertz CT molecular complexity index is 787. The molecule has 1 N–H and O–H groups in total. The number of thiophene rings is 1. The highest BCUT2D eigenvalue weighted by molar-refractivity contribution is 7.18. The van der Waals surface area contributed by atoms with Crippen molar-refractivity contribution in [1.82, 2.24) is 10.2 Å². The minimum atomic E-state index is -0.193. The van der Waals surface area contributed by atoms with Crippen LogP contribution < -0.4 is 5.32 Å². The number of rotatable bonds is 3. The summed E-state index contributed by atoms with van der Waals surface area (Å²) in [6.07, 6.45) is 0. The lowest BCUT2D eigenvalue weighted by Crippen LogP contribution is -2.09. The van der Waals surface area contributed by atoms with Crippen LogP contribution in [-0.4, -0.2) is 16.1 Å². The quantitative estimate of drug-likeness (QED) is 0.732. The molecule has 1 amide bonds. The van der Waals surface area contributed by atoms with Crippen LogP contribution in [-0.2, 0) is 0 Å². The molecule has 2 heterocycles. The third-order valence-electron chi connectivity index (χ3n) is 2.56. The van der Waals surface area contributed by atoms with Crippen molar-refractivity contribution < 1.29 is 4.79 Å². The first-order valence-electron chi connectivity index (χ1n) is 5.77. The van der Waals surface area contributed by atoms with Crippen LogP contribution in [0.2, 0.25) is 10.0 Å². The van der Waals surface area contributed by atoms with Gasteiger partial charge in [-0.1, -0.05) is 46.7 Å². The van der Waals surface area contributed by atoms with Gasteiger partial charge in [-0.3, -0.25) is 10.1 Å². The molecule has 8 heteroatoms. The van der Waals surface area contributed by atoms with Crippen LogP contribution in [0, 0.1) is 0 Å². The summed E-state index contributed by atoms with van der Waals surface area (Å²) >= 11 is 14.5. The molecule has 0 radical (unpaired) electrons. The molecule has 0 saturated carbocycles. The summed E-state index contributed by atoms with van der Waals surface area (Å²) in [4.78, 5) is 12.5. The topological polar surface area (TPSA) is 54.9 Å². The zero-order valence-electron chi connectivity index (χ0n) is 10.3. The lowest BCUT2D eigenvalue weighted by molar-refractivity contribution is 0.103. The highest BCUT2D eigenvalue weighted by Crippen LogP contribution is 2.31. The second kappa shape index (κ2) is 6.11. The van der Waals surface area contributed by atoms with Crippen LogP contribution in [0.5, 0.6) is 0 Å². The molecule has 0 saturated heterocycles. The van der Waals surface area contributed by atoms with Crippen LogP contribution in [0.15, 0.2) is 35.7 Å². The van der Waals surface area contributed by atoms with Gasteiger partial charge in [0.05, 0.1) is 14.9 Å². The number of nitrogens with zero attached hydrogens (tertiary/aromatic N) is 2. The molecule has 0 fully saturated rings. The molecule has 4 nitrogen and oxygen atoms in total. The summed E-state index contributed by atoms with van der Waals surface area (Å²) in [6.45, 7) is 0. The van der Waals surface area contributed by atoms with Crippen molar-refractivity contribution in [3.05, 3.63) is 50.6 Å². The smallest absolute Gasteiger partial charge is 0.267 e. The van der Waals surface area contributed by atoms with E-state index in [0.29, 0.717) is 25.1 Å². The Labute approximate surface area is 138 Å². The molecule has 106 valence electrons. The van der Waals surface area contributed by atoms with E-state index in [1.165, 1.54) is 22.7 Å². The Morgan fingerprint density at radius 2 is 2.00 bits per heavy atom. The molecule has 0 aliphatic heterocycles. The summed E-state index contributed by atoms with van der Waals surface area (Å²) in [7, 11) is 0. The van der Waals surface area contributed by atoms with Gasteiger partial charge in [-0.25, -0.2) is 0 Å². The van der Waals surface area contributed by atoms with Crippen LogP contribution in [0.3, 0.4) is 0 Å². The van der Waals surface area contributed by atoms with E-state index in [9.17, 15) is 4.79 Å². The number of halogens is 2. The average Bonchev–Trinajstić information content (AvgIpc) is 3.12. The minimum Gasteiger partial charge on any atom is -0.296 e. The van der Waals surface area contributed by atoms with E-state index in [1.54, 1.807) is 24.3 Å². The van der Waals surface area contributed by atoms with E-state index < -0.39 is 0 Å². The highest BCUT2D eigenvalue weighted by Gasteiger charge is 2.12. The number of hydrogen-bond donors (Lipinski definition) is 1. The molecule has 0 aliphatic carbocycles. The van der Waals surface area contributed by atoms with Crippen molar-refractivity contribution in [2.75, 3.05) is 5.32 Å². The molecule has 3 rings (SSSR count). The van der Waals surface area contributed by atoms with Crippen molar-refractivity contribution in [2.45, 2.75) is 0 Å². The van der Waals surface area contributed by atoms with Crippen LogP contribution >= 0.6 is 45.9 Å². The molecule has 1 aromatic carbocycles. The lowest BCUT2D eigenvalue weighted by Gasteiger charge is -1.98. The van der Waals surface area contributed by atoms with Crippen molar-refractivity contribution in [3.8, 4) is 10.6 Å². The first kappa shape index (κ1) is 14.5. The van der Waals surface area contributed by atoms with E-state index in [0.717, 1.165) is 5.56 Å². The number of nitrogens with one attached hydrogen (secondary N) is 1. The first-order valence-corrected chi connectivity index (χ1v) is 8.22. The van der Waals surface area contributed by atoms with E-state index in [2.05, 4.69) is 15.5 Å². The molecule has 0 bridgehead atoms. The Hall–Kier alpha value is -1.47. The zero-order chi connectivity index (χ0) is 14.8.